The number of hydrogen-bond acceptors (Lipinski definition) is 2. The van der Waals surface area contributed by atoms with Gasteiger partial charge in [-0.2, -0.15) is 0 Å². The van der Waals surface area contributed by atoms with E-state index in [-0.39, 0.29) is 6.61 Å². The number of esters is 1. The Morgan fingerprint density at radius 2 is 1.26 bits per heavy atom. The minimum atomic E-state index is -0.423. The monoisotopic (exact) mass is 404 g/mol. The number of carbonyl (C=O) groups is 1. The molecule has 0 radical (unpaired) electrons. The lowest BCUT2D eigenvalue weighted by molar-refractivity contribution is -0.140. The summed E-state index contributed by atoms with van der Waals surface area (Å²) in [5, 5.41) is 0. The van der Waals surface area contributed by atoms with Crippen LogP contribution in [0.15, 0.2) is 78.9 Å². The summed E-state index contributed by atoms with van der Waals surface area (Å²) in [5.41, 5.74) is 7.08. The molecule has 3 aromatic carbocycles. The van der Waals surface area contributed by atoms with Gasteiger partial charge in [-0.05, 0) is 63.2 Å². The van der Waals surface area contributed by atoms with Crippen molar-refractivity contribution in [2.24, 2.45) is 0 Å². The molecule has 0 saturated carbocycles. The van der Waals surface area contributed by atoms with Crippen molar-refractivity contribution in [2.75, 3.05) is 0 Å². The Labute approximate surface area is 184 Å². The number of ether oxygens (including phenoxy) is 1. The predicted molar refractivity (Wildman–Crippen MR) is 125 cm³/mol. The molecular formula is C29H24O2. The zero-order valence-electron chi connectivity index (χ0n) is 18.1. The van der Waals surface area contributed by atoms with E-state index < -0.39 is 5.97 Å². The Morgan fingerprint density at radius 3 is 1.81 bits per heavy atom. The molecule has 0 aliphatic carbocycles. The largest absolute Gasteiger partial charge is 0.457 e. The van der Waals surface area contributed by atoms with Gasteiger partial charge in [0.2, 0.25) is 0 Å². The van der Waals surface area contributed by atoms with Crippen LogP contribution in [-0.2, 0) is 16.1 Å². The quantitative estimate of drug-likeness (QED) is 0.317. The van der Waals surface area contributed by atoms with Gasteiger partial charge in [0, 0.05) is 33.4 Å². The fourth-order valence-corrected chi connectivity index (χ4v) is 2.74. The van der Waals surface area contributed by atoms with Crippen LogP contribution < -0.4 is 0 Å². The first-order valence-electron chi connectivity index (χ1n) is 10.0. The van der Waals surface area contributed by atoms with E-state index >= 15 is 0 Å². The van der Waals surface area contributed by atoms with Crippen LogP contribution in [0.4, 0.5) is 0 Å². The van der Waals surface area contributed by atoms with Crippen molar-refractivity contribution in [3.05, 3.63) is 118 Å². The van der Waals surface area contributed by atoms with Gasteiger partial charge in [0.25, 0.3) is 0 Å². The van der Waals surface area contributed by atoms with Crippen LogP contribution in [-0.4, -0.2) is 5.97 Å². The molecular weight excluding hydrogens is 380 g/mol. The van der Waals surface area contributed by atoms with Crippen LogP contribution in [0.1, 0.15) is 45.9 Å². The highest BCUT2D eigenvalue weighted by Gasteiger charge is 2.07. The normalized spacial score (nSPS) is 9.65. The van der Waals surface area contributed by atoms with Gasteiger partial charge in [-0.25, -0.2) is 4.79 Å². The summed E-state index contributed by atoms with van der Waals surface area (Å²) < 4.78 is 5.37. The second-order valence-corrected chi connectivity index (χ2v) is 7.46. The van der Waals surface area contributed by atoms with Crippen LogP contribution in [0.5, 0.6) is 0 Å². The molecule has 0 heterocycles. The Balaban J connectivity index is 1.90. The van der Waals surface area contributed by atoms with Gasteiger partial charge in [0.15, 0.2) is 0 Å². The number of hydrogen-bond donors (Lipinski definition) is 0. The van der Waals surface area contributed by atoms with Crippen LogP contribution in [0.3, 0.4) is 0 Å². The van der Waals surface area contributed by atoms with Gasteiger partial charge in [-0.1, -0.05) is 65.7 Å². The van der Waals surface area contributed by atoms with E-state index in [4.69, 9.17) is 4.74 Å². The first kappa shape index (κ1) is 21.7. The molecule has 2 heteroatoms. The molecule has 0 aromatic heterocycles. The number of benzene rings is 3. The predicted octanol–water partition coefficient (Wildman–Crippen LogP) is 5.72. The van der Waals surface area contributed by atoms with Crippen molar-refractivity contribution >= 4 is 5.97 Å². The lowest BCUT2D eigenvalue weighted by atomic mass is 10.0. The number of rotatable bonds is 3. The van der Waals surface area contributed by atoms with Crippen molar-refractivity contribution in [3.63, 3.8) is 0 Å². The smallest absolute Gasteiger partial charge is 0.333 e. The molecule has 0 unspecified atom stereocenters. The van der Waals surface area contributed by atoms with Gasteiger partial charge < -0.3 is 4.74 Å². The average molecular weight is 405 g/mol. The third-order valence-electron chi connectivity index (χ3n) is 4.61. The minimum Gasteiger partial charge on any atom is -0.457 e. The standard InChI is InChI=1S/C29H24O2/c1-21(2)29(30)31-20-28-19-26(14-13-24-9-5-22(3)6-10-24)16-18-27(28)17-15-25-11-7-23(4)8-12-25/h5-12,16,18-19H,1,20H2,2-4H3. The van der Waals surface area contributed by atoms with Crippen LogP contribution >= 0.6 is 0 Å². The zero-order valence-corrected chi connectivity index (χ0v) is 18.1. The third-order valence-corrected chi connectivity index (χ3v) is 4.61. The Morgan fingerprint density at radius 1 is 0.774 bits per heavy atom. The fraction of sp³-hybridized carbons (Fsp3) is 0.138. The summed E-state index contributed by atoms with van der Waals surface area (Å²) in [6, 6.07) is 21.9. The molecule has 152 valence electrons. The Hall–Kier alpha value is -4.01. The van der Waals surface area contributed by atoms with Crippen molar-refractivity contribution in [1.29, 1.82) is 0 Å². The molecule has 0 atom stereocenters. The summed E-state index contributed by atoms with van der Waals surface area (Å²) in [6.07, 6.45) is 0. The zero-order chi connectivity index (χ0) is 22.2. The molecule has 0 amide bonds. The lowest BCUT2D eigenvalue weighted by Crippen LogP contribution is -2.06. The first-order chi connectivity index (χ1) is 14.9. The molecule has 3 aromatic rings. The van der Waals surface area contributed by atoms with E-state index in [0.29, 0.717) is 5.57 Å². The van der Waals surface area contributed by atoms with E-state index in [2.05, 4.69) is 30.3 Å². The summed E-state index contributed by atoms with van der Waals surface area (Å²) in [7, 11) is 0. The Bertz CT molecular complexity index is 1220. The van der Waals surface area contributed by atoms with E-state index in [1.165, 1.54) is 11.1 Å². The first-order valence-corrected chi connectivity index (χ1v) is 10.0. The summed E-state index contributed by atoms with van der Waals surface area (Å²) in [6.45, 7) is 9.47. The van der Waals surface area contributed by atoms with E-state index in [0.717, 1.165) is 27.8 Å². The molecule has 0 spiro atoms. The van der Waals surface area contributed by atoms with E-state index in [9.17, 15) is 4.79 Å². The van der Waals surface area contributed by atoms with Crippen LogP contribution in [0, 0.1) is 37.5 Å². The van der Waals surface area contributed by atoms with E-state index in [1.54, 1.807) is 6.92 Å². The van der Waals surface area contributed by atoms with Crippen molar-refractivity contribution in [3.8, 4) is 23.7 Å². The summed E-state index contributed by atoms with van der Waals surface area (Å²) in [5.74, 6) is 12.3. The van der Waals surface area contributed by atoms with Gasteiger partial charge in [-0.3, -0.25) is 0 Å². The van der Waals surface area contributed by atoms with E-state index in [1.807, 2.05) is 80.6 Å². The van der Waals surface area contributed by atoms with Crippen LogP contribution in [0.2, 0.25) is 0 Å². The van der Waals surface area contributed by atoms with Gasteiger partial charge in [-0.15, -0.1) is 0 Å². The maximum absolute atomic E-state index is 11.9. The molecule has 2 nitrogen and oxygen atoms in total. The molecule has 0 bridgehead atoms. The summed E-state index contributed by atoms with van der Waals surface area (Å²) in [4.78, 5) is 11.9. The third kappa shape index (κ3) is 6.49. The maximum atomic E-state index is 11.9. The van der Waals surface area contributed by atoms with Crippen molar-refractivity contribution < 1.29 is 9.53 Å². The highest BCUT2D eigenvalue weighted by Crippen LogP contribution is 2.14. The molecule has 3 rings (SSSR count). The molecule has 0 aliphatic rings. The topological polar surface area (TPSA) is 26.3 Å². The second kappa shape index (κ2) is 10.1. The summed E-state index contributed by atoms with van der Waals surface area (Å²) >= 11 is 0. The molecule has 31 heavy (non-hydrogen) atoms. The SMILES string of the molecule is C=C(C)C(=O)OCc1cc(C#Cc2ccc(C)cc2)ccc1C#Cc1ccc(C)cc1. The highest BCUT2D eigenvalue weighted by molar-refractivity contribution is 5.86. The molecule has 0 aliphatic heterocycles. The van der Waals surface area contributed by atoms with Gasteiger partial charge in [0.1, 0.15) is 6.61 Å². The van der Waals surface area contributed by atoms with Crippen LogP contribution in [0.25, 0.3) is 0 Å². The average Bonchev–Trinajstić information content (AvgIpc) is 2.77. The molecule has 0 fully saturated rings. The van der Waals surface area contributed by atoms with Crippen molar-refractivity contribution in [1.82, 2.24) is 0 Å². The highest BCUT2D eigenvalue weighted by atomic mass is 16.5. The second-order valence-electron chi connectivity index (χ2n) is 7.46. The molecule has 0 saturated heterocycles. The fourth-order valence-electron chi connectivity index (χ4n) is 2.74. The Kier molecular flexibility index (Phi) is 7.10. The minimum absolute atomic E-state index is 0.115. The number of carbonyl (C=O) groups excluding carboxylic acids is 1. The number of aryl methyl sites for hydroxylation is 2. The van der Waals surface area contributed by atoms with Gasteiger partial charge in [0.05, 0.1) is 0 Å². The molecule has 0 N–H and O–H groups in total. The van der Waals surface area contributed by atoms with Crippen molar-refractivity contribution in [2.45, 2.75) is 27.4 Å². The van der Waals surface area contributed by atoms with Gasteiger partial charge >= 0.3 is 5.97 Å². The lowest BCUT2D eigenvalue weighted by Gasteiger charge is -2.07. The maximum Gasteiger partial charge on any atom is 0.333 e.